The lowest BCUT2D eigenvalue weighted by molar-refractivity contribution is 0.0559. The van der Waals surface area contributed by atoms with Crippen molar-refractivity contribution in [2.24, 2.45) is 0 Å². The van der Waals surface area contributed by atoms with Crippen molar-refractivity contribution in [2.75, 3.05) is 26.2 Å². The van der Waals surface area contributed by atoms with E-state index in [0.29, 0.717) is 11.5 Å². The number of phenolic OH excluding ortho intramolecular Hbond substituents is 2. The summed E-state index contributed by atoms with van der Waals surface area (Å²) < 4.78 is 0. The highest BCUT2D eigenvalue weighted by Gasteiger charge is 2.29. The molecule has 5 heteroatoms. The molecule has 0 radical (unpaired) electrons. The number of halogens is 1. The van der Waals surface area contributed by atoms with Gasteiger partial charge in [0.2, 0.25) is 0 Å². The van der Waals surface area contributed by atoms with E-state index in [1.165, 1.54) is 32.1 Å². The quantitative estimate of drug-likeness (QED) is 0.665. The largest absolute Gasteiger partial charge is 0.508 e. The van der Waals surface area contributed by atoms with Crippen molar-refractivity contribution in [3.8, 4) is 11.5 Å². The molecule has 2 aromatic rings. The van der Waals surface area contributed by atoms with Gasteiger partial charge in [-0.25, -0.2) is 0 Å². The van der Waals surface area contributed by atoms with Crippen molar-refractivity contribution in [1.82, 2.24) is 9.80 Å². The molecular weight excluding hydrogens is 428 g/mol. The summed E-state index contributed by atoms with van der Waals surface area (Å²) in [4.78, 5) is 5.25. The van der Waals surface area contributed by atoms with Gasteiger partial charge in [-0.3, -0.25) is 9.80 Å². The smallest absolute Gasteiger partial charge is 0.115 e. The number of benzene rings is 2. The fourth-order valence-electron chi connectivity index (χ4n) is 4.96. The van der Waals surface area contributed by atoms with Crippen LogP contribution in [-0.4, -0.2) is 52.2 Å². The monoisotopic (exact) mass is 460 g/mol. The topological polar surface area (TPSA) is 46.9 Å². The Morgan fingerprint density at radius 1 is 0.828 bits per heavy atom. The third kappa shape index (κ3) is 5.74. The van der Waals surface area contributed by atoms with Crippen molar-refractivity contribution in [2.45, 2.75) is 50.6 Å². The molecule has 4 nitrogen and oxygen atoms in total. The maximum atomic E-state index is 10.0. The maximum absolute atomic E-state index is 10.0. The average molecular weight is 461 g/mol. The molecule has 1 saturated heterocycles. The standard InChI is InChI=1S/C24H32N2O2.BrH/c27-22-10-4-6-19(16-22)17-24(20-7-5-11-23(28)18-20)26-14-12-25(13-15-26)21-8-2-1-3-9-21;/h4-7,10-11,16,18,21,24,27-28H,1-3,8-9,12-15,17H2;1H. The van der Waals surface area contributed by atoms with Crippen LogP contribution >= 0.6 is 17.0 Å². The second-order valence-electron chi connectivity index (χ2n) is 8.35. The molecule has 0 bridgehead atoms. The van der Waals surface area contributed by atoms with Gasteiger partial charge in [-0.1, -0.05) is 43.5 Å². The number of hydrogen-bond acceptors (Lipinski definition) is 4. The van der Waals surface area contributed by atoms with Crippen LogP contribution < -0.4 is 0 Å². The third-order valence-corrected chi connectivity index (χ3v) is 6.48. The van der Waals surface area contributed by atoms with Crippen molar-refractivity contribution >= 4 is 17.0 Å². The predicted molar refractivity (Wildman–Crippen MR) is 123 cm³/mol. The number of aromatic hydroxyl groups is 2. The van der Waals surface area contributed by atoms with Crippen LogP contribution in [-0.2, 0) is 6.42 Å². The zero-order chi connectivity index (χ0) is 19.3. The van der Waals surface area contributed by atoms with Gasteiger partial charge in [0.15, 0.2) is 0 Å². The first kappa shape index (κ1) is 22.1. The lowest BCUT2D eigenvalue weighted by Crippen LogP contribution is -2.51. The lowest BCUT2D eigenvalue weighted by Gasteiger charge is -2.43. The molecule has 1 atom stereocenters. The number of nitrogens with zero attached hydrogens (tertiary/aromatic N) is 2. The van der Waals surface area contributed by atoms with Crippen LogP contribution in [0.1, 0.15) is 49.3 Å². The molecule has 1 aliphatic heterocycles. The molecule has 1 unspecified atom stereocenters. The van der Waals surface area contributed by atoms with Crippen molar-refractivity contribution in [3.05, 3.63) is 59.7 Å². The molecule has 0 amide bonds. The zero-order valence-corrected chi connectivity index (χ0v) is 18.8. The lowest BCUT2D eigenvalue weighted by atomic mass is 9.93. The summed E-state index contributed by atoms with van der Waals surface area (Å²) in [7, 11) is 0. The molecule has 2 N–H and O–H groups in total. The van der Waals surface area contributed by atoms with Crippen LogP contribution in [0.25, 0.3) is 0 Å². The second-order valence-corrected chi connectivity index (χ2v) is 8.35. The zero-order valence-electron chi connectivity index (χ0n) is 17.0. The number of rotatable bonds is 5. The Morgan fingerprint density at radius 2 is 1.48 bits per heavy atom. The van der Waals surface area contributed by atoms with Gasteiger partial charge in [-0.15, -0.1) is 17.0 Å². The van der Waals surface area contributed by atoms with E-state index >= 15 is 0 Å². The molecule has 4 rings (SSSR count). The van der Waals surface area contributed by atoms with Crippen LogP contribution in [0.3, 0.4) is 0 Å². The molecule has 2 fully saturated rings. The molecule has 29 heavy (non-hydrogen) atoms. The van der Waals surface area contributed by atoms with E-state index in [0.717, 1.165) is 49.8 Å². The summed E-state index contributed by atoms with van der Waals surface area (Å²) in [6.07, 6.45) is 7.72. The fraction of sp³-hybridized carbons (Fsp3) is 0.500. The summed E-state index contributed by atoms with van der Waals surface area (Å²) >= 11 is 0. The third-order valence-electron chi connectivity index (χ3n) is 6.48. The van der Waals surface area contributed by atoms with Gasteiger partial charge < -0.3 is 10.2 Å². The van der Waals surface area contributed by atoms with Crippen LogP contribution in [0.5, 0.6) is 11.5 Å². The molecule has 158 valence electrons. The second kappa shape index (κ2) is 10.5. The highest BCUT2D eigenvalue weighted by molar-refractivity contribution is 8.93. The summed E-state index contributed by atoms with van der Waals surface area (Å²) in [5.74, 6) is 0.633. The van der Waals surface area contributed by atoms with Gasteiger partial charge in [0, 0.05) is 38.3 Å². The minimum atomic E-state index is 0. The SMILES string of the molecule is Br.Oc1cccc(CC(c2cccc(O)c2)N2CCN(C3CCCCC3)CC2)c1. The Kier molecular flexibility index (Phi) is 7.99. The molecule has 0 aromatic heterocycles. The van der Waals surface area contributed by atoms with Crippen molar-refractivity contribution in [1.29, 1.82) is 0 Å². The van der Waals surface area contributed by atoms with E-state index in [2.05, 4.69) is 21.9 Å². The molecule has 1 heterocycles. The van der Waals surface area contributed by atoms with Gasteiger partial charge in [-0.05, 0) is 54.7 Å². The number of phenols is 2. The van der Waals surface area contributed by atoms with Crippen molar-refractivity contribution in [3.63, 3.8) is 0 Å². The van der Waals surface area contributed by atoms with Gasteiger partial charge in [0.1, 0.15) is 11.5 Å². The van der Waals surface area contributed by atoms with Gasteiger partial charge in [-0.2, -0.15) is 0 Å². The van der Waals surface area contributed by atoms with Gasteiger partial charge in [0.05, 0.1) is 0 Å². The number of piperazine rings is 1. The van der Waals surface area contributed by atoms with Crippen LogP contribution in [0.15, 0.2) is 48.5 Å². The molecule has 2 aromatic carbocycles. The summed E-state index contributed by atoms with van der Waals surface area (Å²) in [6, 6.07) is 16.2. The first-order valence-electron chi connectivity index (χ1n) is 10.7. The Hall–Kier alpha value is -1.56. The Labute approximate surface area is 184 Å². The summed E-state index contributed by atoms with van der Waals surface area (Å²) in [5, 5.41) is 19.9. The summed E-state index contributed by atoms with van der Waals surface area (Å²) in [5.41, 5.74) is 2.28. The van der Waals surface area contributed by atoms with Crippen LogP contribution in [0.4, 0.5) is 0 Å². The van der Waals surface area contributed by atoms with Crippen molar-refractivity contribution < 1.29 is 10.2 Å². The molecule has 2 aliphatic rings. The minimum Gasteiger partial charge on any atom is -0.508 e. The van der Waals surface area contributed by atoms with Gasteiger partial charge in [0.25, 0.3) is 0 Å². The summed E-state index contributed by atoms with van der Waals surface area (Å²) in [6.45, 7) is 4.35. The number of hydrogen-bond donors (Lipinski definition) is 2. The first-order chi connectivity index (χ1) is 13.7. The predicted octanol–water partition coefficient (Wildman–Crippen LogP) is 4.91. The van der Waals surface area contributed by atoms with E-state index in [1.807, 2.05) is 24.3 Å². The van der Waals surface area contributed by atoms with Crippen LogP contribution in [0, 0.1) is 0 Å². The van der Waals surface area contributed by atoms with E-state index in [1.54, 1.807) is 12.1 Å². The minimum absolute atomic E-state index is 0. The molecule has 1 aliphatic carbocycles. The average Bonchev–Trinajstić information content (AvgIpc) is 2.73. The Balaban J connectivity index is 0.00000240. The normalized spacial score (nSPS) is 20.1. The molecular formula is C24H33BrN2O2. The van der Waals surface area contributed by atoms with Crippen LogP contribution in [0.2, 0.25) is 0 Å². The molecule has 1 saturated carbocycles. The highest BCUT2D eigenvalue weighted by Crippen LogP contribution is 2.31. The first-order valence-corrected chi connectivity index (χ1v) is 10.7. The Bertz CT molecular complexity index is 771. The Morgan fingerprint density at radius 3 is 2.14 bits per heavy atom. The van der Waals surface area contributed by atoms with E-state index in [9.17, 15) is 10.2 Å². The maximum Gasteiger partial charge on any atom is 0.115 e. The van der Waals surface area contributed by atoms with E-state index in [-0.39, 0.29) is 23.0 Å². The van der Waals surface area contributed by atoms with Gasteiger partial charge >= 0.3 is 0 Å². The van der Waals surface area contributed by atoms with E-state index in [4.69, 9.17) is 0 Å². The van der Waals surface area contributed by atoms with E-state index < -0.39 is 0 Å². The fourth-order valence-corrected chi connectivity index (χ4v) is 4.96. The molecule has 0 spiro atoms. The highest BCUT2D eigenvalue weighted by atomic mass is 79.9.